The largest absolute Gasteiger partial charge is 0.477 e. The number of hydrogen-bond donors (Lipinski definition) is 2. The van der Waals surface area contributed by atoms with Crippen molar-refractivity contribution >= 4 is 18.2 Å². The number of nitrogens with one attached hydrogen (secondary N) is 1. The Morgan fingerprint density at radius 2 is 2.56 bits per heavy atom. The van der Waals surface area contributed by atoms with Crippen LogP contribution in [0.2, 0.25) is 0 Å². The van der Waals surface area contributed by atoms with E-state index in [9.17, 15) is 4.79 Å². The SMILES string of the molecule is O=C(O)c1co[nH]c1=S. The van der Waals surface area contributed by atoms with Gasteiger partial charge < -0.3 is 9.63 Å². The van der Waals surface area contributed by atoms with Gasteiger partial charge in [-0.2, -0.15) is 0 Å². The maximum Gasteiger partial charge on any atom is 0.342 e. The number of carboxylic acid groups (broad SMARTS) is 1. The van der Waals surface area contributed by atoms with Gasteiger partial charge in [-0.1, -0.05) is 12.2 Å². The van der Waals surface area contributed by atoms with Gasteiger partial charge in [0.1, 0.15) is 11.8 Å². The monoisotopic (exact) mass is 145 g/mol. The van der Waals surface area contributed by atoms with Crippen LogP contribution < -0.4 is 0 Å². The fourth-order valence-corrected chi connectivity index (χ4v) is 0.581. The number of rotatable bonds is 1. The summed E-state index contributed by atoms with van der Waals surface area (Å²) in [4.78, 5) is 10.1. The minimum atomic E-state index is -1.08. The van der Waals surface area contributed by atoms with E-state index in [1.165, 1.54) is 0 Å². The van der Waals surface area contributed by atoms with Crippen LogP contribution in [0.1, 0.15) is 10.4 Å². The first-order valence-electron chi connectivity index (χ1n) is 2.11. The molecule has 1 aromatic heterocycles. The Balaban J connectivity index is 3.24. The molecule has 0 bridgehead atoms. The van der Waals surface area contributed by atoms with E-state index in [-0.39, 0.29) is 10.2 Å². The quantitative estimate of drug-likeness (QED) is 0.579. The number of hydrogen-bond acceptors (Lipinski definition) is 3. The Bertz CT molecular complexity index is 273. The topological polar surface area (TPSA) is 66.2 Å². The van der Waals surface area contributed by atoms with Gasteiger partial charge in [0.05, 0.1) is 0 Å². The van der Waals surface area contributed by atoms with Gasteiger partial charge in [-0.25, -0.2) is 9.95 Å². The molecule has 1 heterocycles. The molecule has 9 heavy (non-hydrogen) atoms. The van der Waals surface area contributed by atoms with E-state index >= 15 is 0 Å². The smallest absolute Gasteiger partial charge is 0.342 e. The second-order valence-corrected chi connectivity index (χ2v) is 1.79. The Kier molecular flexibility index (Phi) is 1.35. The fourth-order valence-electron chi connectivity index (χ4n) is 0.398. The lowest BCUT2D eigenvalue weighted by atomic mass is 10.4. The molecule has 0 radical (unpaired) electrons. The summed E-state index contributed by atoms with van der Waals surface area (Å²) in [6.45, 7) is 0. The molecule has 0 aliphatic carbocycles. The molecule has 0 saturated heterocycles. The number of aromatic carboxylic acids is 1. The number of H-pyrrole nitrogens is 1. The summed E-state index contributed by atoms with van der Waals surface area (Å²) >= 11 is 4.53. The van der Waals surface area contributed by atoms with Crippen molar-refractivity contribution < 1.29 is 14.4 Å². The highest BCUT2D eigenvalue weighted by molar-refractivity contribution is 7.71. The zero-order valence-electron chi connectivity index (χ0n) is 4.25. The molecular formula is C4H3NO3S. The van der Waals surface area contributed by atoms with Crippen molar-refractivity contribution in [3.63, 3.8) is 0 Å². The second kappa shape index (κ2) is 2.02. The van der Waals surface area contributed by atoms with Crippen molar-refractivity contribution in [1.82, 2.24) is 5.16 Å². The van der Waals surface area contributed by atoms with Crippen LogP contribution in [-0.4, -0.2) is 16.2 Å². The third-order valence-corrected chi connectivity index (χ3v) is 1.11. The van der Waals surface area contributed by atoms with Gasteiger partial charge in [0.2, 0.25) is 0 Å². The van der Waals surface area contributed by atoms with Crippen LogP contribution in [0.15, 0.2) is 10.8 Å². The first kappa shape index (κ1) is 6.03. The fraction of sp³-hybridized carbons (Fsp3) is 0. The molecule has 2 N–H and O–H groups in total. The molecule has 0 aliphatic rings. The molecular weight excluding hydrogens is 142 g/mol. The van der Waals surface area contributed by atoms with Crippen LogP contribution in [-0.2, 0) is 0 Å². The Labute approximate surface area is 55.1 Å². The average molecular weight is 145 g/mol. The Morgan fingerprint density at radius 1 is 1.89 bits per heavy atom. The summed E-state index contributed by atoms with van der Waals surface area (Å²) in [5, 5.41) is 10.5. The standard InChI is InChI=1S/C4H3NO3S/c6-4(7)2-1-8-5-3(2)9/h1H,(H,5,9)(H,6,7). The molecule has 0 amide bonds. The lowest BCUT2D eigenvalue weighted by Gasteiger charge is -1.77. The maximum atomic E-state index is 10.1. The van der Waals surface area contributed by atoms with Gasteiger partial charge in [0.25, 0.3) is 0 Å². The van der Waals surface area contributed by atoms with Crippen LogP contribution in [0, 0.1) is 4.64 Å². The molecule has 5 heteroatoms. The molecule has 0 spiro atoms. The molecule has 0 aliphatic heterocycles. The highest BCUT2D eigenvalue weighted by Gasteiger charge is 2.05. The van der Waals surface area contributed by atoms with E-state index in [4.69, 9.17) is 5.11 Å². The molecule has 1 aromatic rings. The summed E-state index contributed by atoms with van der Waals surface area (Å²) in [7, 11) is 0. The van der Waals surface area contributed by atoms with Crippen molar-refractivity contribution in [3.8, 4) is 0 Å². The number of carbonyl (C=O) groups is 1. The number of aromatic nitrogens is 1. The third kappa shape index (κ3) is 0.996. The van der Waals surface area contributed by atoms with Crippen LogP contribution >= 0.6 is 12.2 Å². The molecule has 0 aromatic carbocycles. The summed E-state index contributed by atoms with van der Waals surface area (Å²) < 4.78 is 4.51. The van der Waals surface area contributed by atoms with E-state index in [0.29, 0.717) is 0 Å². The first-order chi connectivity index (χ1) is 4.22. The minimum Gasteiger partial charge on any atom is -0.477 e. The normalized spacial score (nSPS) is 9.33. The average Bonchev–Trinajstić information content (AvgIpc) is 2.13. The molecule has 4 nitrogen and oxygen atoms in total. The Hall–Kier alpha value is -1.10. The van der Waals surface area contributed by atoms with Gasteiger partial charge in [-0.3, -0.25) is 0 Å². The molecule has 0 unspecified atom stereocenters. The zero-order valence-corrected chi connectivity index (χ0v) is 5.07. The maximum absolute atomic E-state index is 10.1. The van der Waals surface area contributed by atoms with E-state index < -0.39 is 5.97 Å². The van der Waals surface area contributed by atoms with E-state index in [1.807, 2.05) is 0 Å². The predicted molar refractivity (Wildman–Crippen MR) is 30.9 cm³/mol. The first-order valence-corrected chi connectivity index (χ1v) is 2.52. The summed E-state index contributed by atoms with van der Waals surface area (Å²) in [6.07, 6.45) is 1.06. The minimum absolute atomic E-state index is 0.00926. The highest BCUT2D eigenvalue weighted by Crippen LogP contribution is 1.98. The van der Waals surface area contributed by atoms with Crippen LogP contribution in [0.4, 0.5) is 0 Å². The molecule has 48 valence electrons. The number of carboxylic acids is 1. The summed E-state index contributed by atoms with van der Waals surface area (Å²) in [6, 6.07) is 0. The van der Waals surface area contributed by atoms with Crippen molar-refractivity contribution in [2.75, 3.05) is 0 Å². The van der Waals surface area contributed by atoms with Gasteiger partial charge in [-0.05, 0) is 0 Å². The van der Waals surface area contributed by atoms with Crippen molar-refractivity contribution in [2.45, 2.75) is 0 Å². The van der Waals surface area contributed by atoms with Crippen LogP contribution in [0.5, 0.6) is 0 Å². The molecule has 0 saturated carbocycles. The predicted octanol–water partition coefficient (Wildman–Crippen LogP) is 1.04. The van der Waals surface area contributed by atoms with Gasteiger partial charge in [0.15, 0.2) is 4.64 Å². The van der Waals surface area contributed by atoms with Gasteiger partial charge in [0, 0.05) is 0 Å². The van der Waals surface area contributed by atoms with Gasteiger partial charge >= 0.3 is 5.97 Å². The van der Waals surface area contributed by atoms with Crippen molar-refractivity contribution in [1.29, 1.82) is 0 Å². The molecule has 0 atom stereocenters. The lowest BCUT2D eigenvalue weighted by Crippen LogP contribution is -1.93. The van der Waals surface area contributed by atoms with Crippen molar-refractivity contribution in [2.24, 2.45) is 0 Å². The highest BCUT2D eigenvalue weighted by atomic mass is 32.1. The van der Waals surface area contributed by atoms with E-state index in [1.54, 1.807) is 0 Å². The lowest BCUT2D eigenvalue weighted by molar-refractivity contribution is 0.0695. The van der Waals surface area contributed by atoms with E-state index in [0.717, 1.165) is 6.26 Å². The zero-order chi connectivity index (χ0) is 6.85. The molecule has 1 rings (SSSR count). The second-order valence-electron chi connectivity index (χ2n) is 1.39. The van der Waals surface area contributed by atoms with E-state index in [2.05, 4.69) is 21.9 Å². The van der Waals surface area contributed by atoms with Gasteiger partial charge in [-0.15, -0.1) is 0 Å². The third-order valence-electron chi connectivity index (χ3n) is 0.803. The van der Waals surface area contributed by atoms with Crippen LogP contribution in [0.3, 0.4) is 0 Å². The van der Waals surface area contributed by atoms with Crippen molar-refractivity contribution in [3.05, 3.63) is 16.5 Å². The summed E-state index contributed by atoms with van der Waals surface area (Å²) in [5.41, 5.74) is -0.00926. The molecule has 0 fully saturated rings. The summed E-state index contributed by atoms with van der Waals surface area (Å²) in [5.74, 6) is -1.08. The van der Waals surface area contributed by atoms with Crippen LogP contribution in [0.25, 0.3) is 0 Å². The Morgan fingerprint density at radius 3 is 2.78 bits per heavy atom. The number of aromatic amines is 1.